The van der Waals surface area contributed by atoms with Gasteiger partial charge in [-0.15, -0.1) is 0 Å². The molecule has 10 atom stereocenters. The summed E-state index contributed by atoms with van der Waals surface area (Å²) in [5.41, 5.74) is -0.486. The number of phenols is 3. The molecule has 0 unspecified atom stereocenters. The lowest BCUT2D eigenvalue weighted by molar-refractivity contribution is -0.348. The van der Waals surface area contributed by atoms with Crippen molar-refractivity contribution >= 4 is 11.0 Å². The Hall–Kier alpha value is -3.51. The molecule has 1 aromatic heterocycles. The number of aliphatic hydroxyl groups is 6. The van der Waals surface area contributed by atoms with Gasteiger partial charge in [0.1, 0.15) is 71.0 Å². The van der Waals surface area contributed by atoms with Gasteiger partial charge in [0.2, 0.25) is 6.29 Å². The van der Waals surface area contributed by atoms with Gasteiger partial charge >= 0.3 is 0 Å². The lowest BCUT2D eigenvalue weighted by atomic mass is 9.97. The average molecular weight is 595 g/mol. The van der Waals surface area contributed by atoms with Crippen molar-refractivity contribution in [2.75, 3.05) is 6.61 Å². The minimum atomic E-state index is -1.76. The summed E-state index contributed by atoms with van der Waals surface area (Å²) >= 11 is 0. The number of benzene rings is 2. The van der Waals surface area contributed by atoms with Crippen LogP contribution in [0.15, 0.2) is 45.6 Å². The molecular weight excluding hydrogens is 564 g/mol. The van der Waals surface area contributed by atoms with Crippen molar-refractivity contribution in [3.8, 4) is 34.3 Å². The van der Waals surface area contributed by atoms with Gasteiger partial charge in [-0.05, 0) is 25.1 Å². The van der Waals surface area contributed by atoms with Crippen molar-refractivity contribution in [3.63, 3.8) is 0 Å². The molecule has 2 saturated heterocycles. The number of aromatic hydroxyl groups is 3. The van der Waals surface area contributed by atoms with Crippen molar-refractivity contribution in [1.29, 1.82) is 0 Å². The highest BCUT2D eigenvalue weighted by Crippen LogP contribution is 2.36. The van der Waals surface area contributed by atoms with Crippen LogP contribution in [-0.4, -0.2) is 114 Å². The molecule has 42 heavy (non-hydrogen) atoms. The average Bonchev–Trinajstić information content (AvgIpc) is 2.94. The number of hydrogen-bond acceptors (Lipinski definition) is 15. The lowest BCUT2D eigenvalue weighted by Gasteiger charge is -2.45. The molecule has 2 aliphatic rings. The first-order valence-electron chi connectivity index (χ1n) is 12.9. The van der Waals surface area contributed by atoms with Gasteiger partial charge in [-0.1, -0.05) is 0 Å². The lowest BCUT2D eigenvalue weighted by Crippen LogP contribution is -2.64. The van der Waals surface area contributed by atoms with Gasteiger partial charge in [0, 0.05) is 23.8 Å². The Morgan fingerprint density at radius 3 is 2.19 bits per heavy atom. The van der Waals surface area contributed by atoms with Gasteiger partial charge < -0.3 is 69.3 Å². The molecule has 0 amide bonds. The molecule has 9 N–H and O–H groups in total. The normalized spacial score (nSPS) is 33.5. The fourth-order valence-electron chi connectivity index (χ4n) is 4.89. The molecule has 2 aliphatic heterocycles. The predicted octanol–water partition coefficient (Wildman–Crippen LogP) is -1.39. The van der Waals surface area contributed by atoms with Gasteiger partial charge in [-0.25, -0.2) is 0 Å². The zero-order valence-corrected chi connectivity index (χ0v) is 21.9. The number of rotatable bonds is 6. The molecule has 228 valence electrons. The van der Waals surface area contributed by atoms with Gasteiger partial charge in [-0.2, -0.15) is 0 Å². The predicted molar refractivity (Wildman–Crippen MR) is 139 cm³/mol. The van der Waals surface area contributed by atoms with E-state index in [0.717, 1.165) is 12.1 Å². The van der Waals surface area contributed by atoms with Gasteiger partial charge in [0.15, 0.2) is 23.2 Å². The van der Waals surface area contributed by atoms with Crippen molar-refractivity contribution in [1.82, 2.24) is 0 Å². The largest absolute Gasteiger partial charge is 0.507 e. The standard InChI is InChI=1S/C27H30O15/c1-9-25(42-27-23(36)21(34)20(33)18(8-28)41-27)22(35)24(37)26(38-9)39-11-5-14(31)19-15(32)7-16(40-17(19)6-11)10-2-3-12(29)13(30)4-10/h2-7,9,18,20-31,33-37H,8H2,1H3/t9-,18+,20+,21-,22-,23+,24+,25-,26-,27-/m0/s1. The van der Waals surface area contributed by atoms with E-state index in [1.54, 1.807) is 0 Å². The number of phenolic OH excluding ortho intramolecular Hbond substituents is 3. The van der Waals surface area contributed by atoms with Crippen LogP contribution < -0.4 is 10.2 Å². The summed E-state index contributed by atoms with van der Waals surface area (Å²) < 4.78 is 28.0. The molecule has 3 aromatic rings. The summed E-state index contributed by atoms with van der Waals surface area (Å²) in [6.07, 6.45) is -15.3. The molecule has 0 bridgehead atoms. The van der Waals surface area contributed by atoms with E-state index in [-0.39, 0.29) is 33.8 Å². The molecule has 2 fully saturated rings. The Kier molecular flexibility index (Phi) is 8.30. The van der Waals surface area contributed by atoms with E-state index in [1.807, 2.05) is 0 Å². The molecule has 15 heteroatoms. The second-order valence-electron chi connectivity index (χ2n) is 10.1. The first-order valence-corrected chi connectivity index (χ1v) is 12.9. The van der Waals surface area contributed by atoms with E-state index >= 15 is 0 Å². The molecular formula is C27H30O15. The summed E-state index contributed by atoms with van der Waals surface area (Å²) in [6, 6.07) is 7.19. The molecule has 0 aliphatic carbocycles. The molecule has 0 saturated carbocycles. The van der Waals surface area contributed by atoms with Crippen LogP contribution in [0.5, 0.6) is 23.0 Å². The summed E-state index contributed by atoms with van der Waals surface area (Å²) in [6.45, 7) is 0.761. The number of ether oxygens (including phenoxy) is 4. The fourth-order valence-corrected chi connectivity index (χ4v) is 4.89. The third-order valence-electron chi connectivity index (χ3n) is 7.21. The van der Waals surface area contributed by atoms with Crippen molar-refractivity contribution in [3.05, 3.63) is 46.6 Å². The van der Waals surface area contributed by atoms with Crippen LogP contribution in [0, 0.1) is 0 Å². The SMILES string of the molecule is C[C@@H]1O[C@@H](Oc2cc(O)c3c(=O)cc(-c4ccc(O)c(O)c4)oc3c2)[C@H](O)[C@H](O)[C@H]1O[C@@H]1O[C@H](CO)[C@@H](O)[C@H](O)[C@H]1O. The first-order chi connectivity index (χ1) is 19.9. The highest BCUT2D eigenvalue weighted by molar-refractivity contribution is 5.86. The molecule has 5 rings (SSSR count). The van der Waals surface area contributed by atoms with Crippen LogP contribution >= 0.6 is 0 Å². The van der Waals surface area contributed by atoms with Crippen LogP contribution in [0.4, 0.5) is 0 Å². The van der Waals surface area contributed by atoms with E-state index in [4.69, 9.17) is 23.4 Å². The second kappa shape index (κ2) is 11.6. The zero-order valence-electron chi connectivity index (χ0n) is 21.9. The van der Waals surface area contributed by atoms with Gasteiger partial charge in [-0.3, -0.25) is 4.79 Å². The van der Waals surface area contributed by atoms with Crippen molar-refractivity contribution < 1.29 is 69.3 Å². The van der Waals surface area contributed by atoms with E-state index < -0.39 is 84.9 Å². The quantitative estimate of drug-likeness (QED) is 0.149. The highest BCUT2D eigenvalue weighted by Gasteiger charge is 2.50. The molecule has 0 radical (unpaired) electrons. The van der Waals surface area contributed by atoms with Crippen LogP contribution in [-0.2, 0) is 14.2 Å². The monoisotopic (exact) mass is 594 g/mol. The summed E-state index contributed by atoms with van der Waals surface area (Å²) in [5, 5.41) is 90.9. The number of aliphatic hydroxyl groups excluding tert-OH is 6. The summed E-state index contributed by atoms with van der Waals surface area (Å²) in [7, 11) is 0. The second-order valence-corrected chi connectivity index (χ2v) is 10.1. The Bertz CT molecular complexity index is 1490. The van der Waals surface area contributed by atoms with Crippen LogP contribution in [0.2, 0.25) is 0 Å². The smallest absolute Gasteiger partial charge is 0.229 e. The highest BCUT2D eigenvalue weighted by atomic mass is 16.7. The van der Waals surface area contributed by atoms with Crippen molar-refractivity contribution in [2.45, 2.75) is 68.3 Å². The van der Waals surface area contributed by atoms with E-state index in [9.17, 15) is 50.8 Å². The third kappa shape index (κ3) is 5.49. The minimum absolute atomic E-state index is 0.00512. The van der Waals surface area contributed by atoms with Crippen LogP contribution in [0.3, 0.4) is 0 Å². The molecule has 15 nitrogen and oxygen atoms in total. The zero-order chi connectivity index (χ0) is 30.5. The Morgan fingerprint density at radius 2 is 1.50 bits per heavy atom. The maximum atomic E-state index is 12.7. The molecule has 0 spiro atoms. The number of hydrogen-bond donors (Lipinski definition) is 9. The van der Waals surface area contributed by atoms with E-state index in [1.165, 1.54) is 31.2 Å². The fraction of sp³-hybridized carbons (Fsp3) is 0.444. The summed E-state index contributed by atoms with van der Waals surface area (Å²) in [5.74, 6) is -1.45. The summed E-state index contributed by atoms with van der Waals surface area (Å²) in [4.78, 5) is 12.7. The topological polar surface area (TPSA) is 249 Å². The van der Waals surface area contributed by atoms with E-state index in [2.05, 4.69) is 0 Å². The van der Waals surface area contributed by atoms with Crippen LogP contribution in [0.1, 0.15) is 6.92 Å². The maximum Gasteiger partial charge on any atom is 0.229 e. The Morgan fingerprint density at radius 1 is 0.786 bits per heavy atom. The third-order valence-corrected chi connectivity index (χ3v) is 7.21. The molecule has 3 heterocycles. The Balaban J connectivity index is 1.35. The first kappa shape index (κ1) is 30.0. The van der Waals surface area contributed by atoms with Gasteiger partial charge in [0.25, 0.3) is 0 Å². The maximum absolute atomic E-state index is 12.7. The molecule has 2 aromatic carbocycles. The minimum Gasteiger partial charge on any atom is -0.507 e. The van der Waals surface area contributed by atoms with Crippen LogP contribution in [0.25, 0.3) is 22.3 Å². The Labute approximate surface area is 236 Å². The van der Waals surface area contributed by atoms with Gasteiger partial charge in [0.05, 0.1) is 12.7 Å². The number of fused-ring (bicyclic) bond motifs is 1. The van der Waals surface area contributed by atoms with E-state index in [0.29, 0.717) is 0 Å². The van der Waals surface area contributed by atoms with Crippen molar-refractivity contribution in [2.24, 2.45) is 0 Å².